The second-order valence-electron chi connectivity index (χ2n) is 7.82. The number of primary sulfonamides is 1. The molecule has 0 aliphatic carbocycles. The number of carbonyl (C=O) groups is 2. The van der Waals surface area contributed by atoms with Crippen LogP contribution in [0.3, 0.4) is 0 Å². The topological polar surface area (TPSA) is 149 Å². The minimum absolute atomic E-state index is 0.0609. The Morgan fingerprint density at radius 1 is 1.05 bits per heavy atom. The van der Waals surface area contributed by atoms with E-state index in [9.17, 15) is 35.6 Å². The molecule has 0 aliphatic heterocycles. The SMILES string of the molecule is NS(=O)(=O)c1ccc(-n2nnc(C(=O)N/N=C(\CC(=O)c3cccs3)C(F)(F)F)c2-c2ccc(F)cc2)cc1. The van der Waals surface area contributed by atoms with Crippen molar-refractivity contribution in [3.05, 3.63) is 82.4 Å². The van der Waals surface area contributed by atoms with Gasteiger partial charge in [-0.3, -0.25) is 9.59 Å². The number of amides is 1. The monoisotopic (exact) mass is 580 g/mol. The van der Waals surface area contributed by atoms with E-state index < -0.39 is 51.5 Å². The van der Waals surface area contributed by atoms with Crippen LogP contribution in [0.1, 0.15) is 26.6 Å². The molecule has 202 valence electrons. The molecular weight excluding hydrogens is 564 g/mol. The van der Waals surface area contributed by atoms with Crippen LogP contribution in [0, 0.1) is 5.82 Å². The van der Waals surface area contributed by atoms with E-state index in [-0.39, 0.29) is 26.7 Å². The molecule has 2 aromatic heterocycles. The van der Waals surface area contributed by atoms with Crippen LogP contribution in [0.25, 0.3) is 16.9 Å². The Morgan fingerprint density at radius 3 is 2.28 bits per heavy atom. The lowest BCUT2D eigenvalue weighted by atomic mass is 10.1. The first-order chi connectivity index (χ1) is 18.3. The third kappa shape index (κ3) is 6.42. The average Bonchev–Trinajstić information content (AvgIpc) is 3.56. The largest absolute Gasteiger partial charge is 0.431 e. The predicted molar refractivity (Wildman–Crippen MR) is 132 cm³/mol. The highest BCUT2D eigenvalue weighted by Crippen LogP contribution is 2.27. The highest BCUT2D eigenvalue weighted by atomic mass is 32.2. The molecule has 2 aromatic carbocycles. The van der Waals surface area contributed by atoms with Crippen molar-refractivity contribution in [1.82, 2.24) is 20.4 Å². The molecule has 1 amide bonds. The summed E-state index contributed by atoms with van der Waals surface area (Å²) in [5.41, 5.74) is 0.0939. The van der Waals surface area contributed by atoms with Gasteiger partial charge >= 0.3 is 6.18 Å². The number of nitrogens with one attached hydrogen (secondary N) is 1. The number of nitrogens with zero attached hydrogens (tertiary/aromatic N) is 4. The van der Waals surface area contributed by atoms with Crippen LogP contribution in [0.5, 0.6) is 0 Å². The summed E-state index contributed by atoms with van der Waals surface area (Å²) in [6, 6.07) is 12.5. The van der Waals surface area contributed by atoms with Gasteiger partial charge in [0.2, 0.25) is 10.0 Å². The Hall–Kier alpha value is -4.28. The molecule has 0 saturated heterocycles. The smallest absolute Gasteiger partial charge is 0.293 e. The van der Waals surface area contributed by atoms with Crippen molar-refractivity contribution in [3.8, 4) is 16.9 Å². The number of benzene rings is 2. The number of carbonyl (C=O) groups excluding carboxylic acids is 2. The summed E-state index contributed by atoms with van der Waals surface area (Å²) in [5.74, 6) is -2.64. The van der Waals surface area contributed by atoms with Crippen molar-refractivity contribution in [2.75, 3.05) is 0 Å². The van der Waals surface area contributed by atoms with E-state index in [0.29, 0.717) is 0 Å². The summed E-state index contributed by atoms with van der Waals surface area (Å²) in [7, 11) is -4.01. The maximum atomic E-state index is 13.6. The van der Waals surface area contributed by atoms with Gasteiger partial charge in [0.15, 0.2) is 11.5 Å². The molecule has 4 aromatic rings. The molecule has 0 aliphatic rings. The van der Waals surface area contributed by atoms with E-state index in [2.05, 4.69) is 15.4 Å². The molecule has 4 rings (SSSR count). The fraction of sp³-hybridized carbons (Fsp3) is 0.0870. The first kappa shape index (κ1) is 27.7. The Bertz CT molecular complexity index is 1650. The van der Waals surface area contributed by atoms with Gasteiger partial charge in [-0.25, -0.2) is 28.1 Å². The molecule has 0 saturated carbocycles. The number of halogens is 4. The van der Waals surface area contributed by atoms with Crippen molar-refractivity contribution in [1.29, 1.82) is 0 Å². The Morgan fingerprint density at radius 2 is 1.72 bits per heavy atom. The van der Waals surface area contributed by atoms with Crippen molar-refractivity contribution in [2.45, 2.75) is 17.5 Å². The van der Waals surface area contributed by atoms with Gasteiger partial charge in [0.1, 0.15) is 17.2 Å². The third-order valence-corrected chi connectivity index (χ3v) is 7.00. The summed E-state index contributed by atoms with van der Waals surface area (Å²) in [6.45, 7) is 0. The van der Waals surface area contributed by atoms with Crippen LogP contribution in [-0.4, -0.2) is 47.0 Å². The third-order valence-electron chi connectivity index (χ3n) is 5.16. The molecule has 2 heterocycles. The van der Waals surface area contributed by atoms with Crippen molar-refractivity contribution >= 4 is 38.8 Å². The number of hydrogen-bond donors (Lipinski definition) is 2. The van der Waals surface area contributed by atoms with Crippen molar-refractivity contribution < 1.29 is 35.6 Å². The summed E-state index contributed by atoms with van der Waals surface area (Å²) in [4.78, 5) is 25.0. The molecule has 39 heavy (non-hydrogen) atoms. The number of thiophene rings is 1. The molecule has 10 nitrogen and oxygen atoms in total. The normalized spacial score (nSPS) is 12.4. The standard InChI is InChI=1S/C23H16F4N6O4S2/c24-14-5-3-13(4-6-14)21-20(30-32-33(21)15-7-9-16(10-8-15)39(28,36)37)22(35)31-29-19(23(25,26)27)12-17(34)18-2-1-11-38-18/h1-11H,12H2,(H,31,35)(H2,28,36,37)/b29-19+. The van der Waals surface area contributed by atoms with Gasteiger partial charge in [-0.2, -0.15) is 18.3 Å². The summed E-state index contributed by atoms with van der Waals surface area (Å²) < 4.78 is 78.4. The molecule has 0 atom stereocenters. The Kier molecular flexibility index (Phi) is 7.71. The van der Waals surface area contributed by atoms with E-state index in [0.717, 1.165) is 28.2 Å². The van der Waals surface area contributed by atoms with Crippen LogP contribution in [0.2, 0.25) is 0 Å². The van der Waals surface area contributed by atoms with Crippen LogP contribution < -0.4 is 10.6 Å². The fourth-order valence-electron chi connectivity index (χ4n) is 3.31. The minimum Gasteiger partial charge on any atom is -0.293 e. The second-order valence-corrected chi connectivity index (χ2v) is 10.3. The minimum atomic E-state index is -5.03. The quantitative estimate of drug-likeness (QED) is 0.140. The zero-order chi connectivity index (χ0) is 28.4. The highest BCUT2D eigenvalue weighted by Gasteiger charge is 2.38. The maximum Gasteiger partial charge on any atom is 0.431 e. The first-order valence-electron chi connectivity index (χ1n) is 10.7. The van der Waals surface area contributed by atoms with Crippen molar-refractivity contribution in [2.24, 2.45) is 10.2 Å². The maximum absolute atomic E-state index is 13.6. The molecular formula is C23H16F4N6O4S2. The van der Waals surface area contributed by atoms with Gasteiger partial charge in [0.05, 0.1) is 21.9 Å². The number of nitrogens with two attached hydrogens (primary N) is 1. The predicted octanol–water partition coefficient (Wildman–Crippen LogP) is 3.70. The van der Waals surface area contributed by atoms with E-state index in [4.69, 9.17) is 5.14 Å². The Balaban J connectivity index is 1.71. The van der Waals surface area contributed by atoms with E-state index in [1.807, 2.05) is 0 Å². The molecule has 0 bridgehead atoms. The first-order valence-corrected chi connectivity index (χ1v) is 13.1. The molecule has 16 heteroatoms. The van der Waals surface area contributed by atoms with Crippen LogP contribution in [0.15, 0.2) is 76.0 Å². The number of hydrogen-bond acceptors (Lipinski definition) is 8. The average molecular weight is 581 g/mol. The lowest BCUT2D eigenvalue weighted by Gasteiger charge is -2.11. The molecule has 0 unspecified atom stereocenters. The van der Waals surface area contributed by atoms with Gasteiger partial charge < -0.3 is 0 Å². The van der Waals surface area contributed by atoms with Crippen LogP contribution in [0.4, 0.5) is 17.6 Å². The lowest BCUT2D eigenvalue weighted by Crippen LogP contribution is -2.30. The summed E-state index contributed by atoms with van der Waals surface area (Å²) in [6.07, 6.45) is -6.14. The van der Waals surface area contributed by atoms with Gasteiger partial charge in [-0.05, 0) is 60.0 Å². The van der Waals surface area contributed by atoms with Gasteiger partial charge in [-0.1, -0.05) is 11.3 Å². The van der Waals surface area contributed by atoms with Crippen LogP contribution in [-0.2, 0) is 10.0 Å². The number of rotatable bonds is 8. The molecule has 0 fully saturated rings. The van der Waals surface area contributed by atoms with E-state index in [1.54, 1.807) is 5.43 Å². The number of ketones is 1. The van der Waals surface area contributed by atoms with Crippen molar-refractivity contribution in [3.63, 3.8) is 0 Å². The van der Waals surface area contributed by atoms with E-state index in [1.165, 1.54) is 53.9 Å². The lowest BCUT2D eigenvalue weighted by molar-refractivity contribution is -0.0605. The fourth-order valence-corrected chi connectivity index (χ4v) is 4.49. The number of alkyl halides is 3. The Labute approximate surface area is 221 Å². The zero-order valence-corrected chi connectivity index (χ0v) is 21.0. The zero-order valence-electron chi connectivity index (χ0n) is 19.4. The number of aromatic nitrogens is 3. The molecule has 0 spiro atoms. The van der Waals surface area contributed by atoms with E-state index >= 15 is 0 Å². The number of sulfonamides is 1. The second kappa shape index (κ2) is 10.8. The molecule has 3 N–H and O–H groups in total. The highest BCUT2D eigenvalue weighted by molar-refractivity contribution is 7.89. The number of Topliss-reactive ketones (excluding diaryl/α,β-unsaturated/α-hetero) is 1. The van der Waals surface area contributed by atoms with Crippen LogP contribution >= 0.6 is 11.3 Å². The summed E-state index contributed by atoms with van der Waals surface area (Å²) >= 11 is 0.961. The molecule has 0 radical (unpaired) electrons. The van der Waals surface area contributed by atoms with Gasteiger partial charge in [0, 0.05) is 5.56 Å². The van der Waals surface area contributed by atoms with Gasteiger partial charge in [-0.15, -0.1) is 16.4 Å². The number of hydrazone groups is 1. The summed E-state index contributed by atoms with van der Waals surface area (Å²) in [5, 5.41) is 17.4. The van der Waals surface area contributed by atoms with Gasteiger partial charge in [0.25, 0.3) is 5.91 Å².